The Balaban J connectivity index is 0.00000408. The number of carbonyl (C=O) groups is 1. The van der Waals surface area contributed by atoms with Crippen molar-refractivity contribution in [2.45, 2.75) is 41.5 Å². The number of aromatic nitrogens is 3. The van der Waals surface area contributed by atoms with Crippen molar-refractivity contribution < 1.29 is 13.2 Å². The van der Waals surface area contributed by atoms with E-state index >= 15 is 0 Å². The first-order chi connectivity index (χ1) is 15.6. The topological polar surface area (TPSA) is 87.9 Å². The highest BCUT2D eigenvalue weighted by Gasteiger charge is 2.29. The predicted octanol–water partition coefficient (Wildman–Crippen LogP) is 3.28. The van der Waals surface area contributed by atoms with E-state index in [9.17, 15) is 13.2 Å². The van der Waals surface area contributed by atoms with Crippen LogP contribution in [-0.2, 0) is 21.1 Å². The minimum absolute atomic E-state index is 0. The molecule has 2 heterocycles. The number of hydrogen-bond acceptors (Lipinski definition) is 7. The monoisotopic (exact) mass is 525 g/mol. The number of likely N-dealkylation sites (N-methyl/N-ethyl adjacent to an activating group) is 2. The van der Waals surface area contributed by atoms with Crippen molar-refractivity contribution in [3.63, 3.8) is 0 Å². The molecule has 3 aromatic rings. The number of benzene rings is 1. The molecule has 1 amide bonds. The van der Waals surface area contributed by atoms with Gasteiger partial charge in [-0.05, 0) is 58.3 Å². The summed E-state index contributed by atoms with van der Waals surface area (Å²) in [7, 11) is 1.97. The van der Waals surface area contributed by atoms with Crippen LogP contribution in [0.25, 0.3) is 5.65 Å². The van der Waals surface area contributed by atoms with Gasteiger partial charge in [-0.2, -0.15) is 5.10 Å². The Labute approximate surface area is 212 Å². The lowest BCUT2D eigenvalue weighted by atomic mass is 10.1. The van der Waals surface area contributed by atoms with Gasteiger partial charge >= 0.3 is 0 Å². The molecule has 0 aliphatic heterocycles. The SMILES string of the molecule is CSc1nn2c(C)c(CCC(=O)N(C)CCN(C)C)c(C)nc2c1S(=O)(=O)c1ccccc1.Cl. The number of hydrogen-bond donors (Lipinski definition) is 0. The summed E-state index contributed by atoms with van der Waals surface area (Å²) < 4.78 is 28.5. The second-order valence-corrected chi connectivity index (χ2v) is 11.0. The van der Waals surface area contributed by atoms with Gasteiger partial charge in [-0.25, -0.2) is 17.9 Å². The maximum Gasteiger partial charge on any atom is 0.222 e. The zero-order valence-corrected chi connectivity index (χ0v) is 22.9. The van der Waals surface area contributed by atoms with E-state index in [-0.39, 0.29) is 28.1 Å². The summed E-state index contributed by atoms with van der Waals surface area (Å²) in [5, 5.41) is 4.98. The fourth-order valence-electron chi connectivity index (χ4n) is 3.67. The average Bonchev–Trinajstić information content (AvgIpc) is 3.17. The van der Waals surface area contributed by atoms with Gasteiger partial charge in [0.15, 0.2) is 10.5 Å². The van der Waals surface area contributed by atoms with Crippen LogP contribution in [0.3, 0.4) is 0 Å². The molecule has 0 spiro atoms. The Hall–Kier alpha value is -2.14. The van der Waals surface area contributed by atoms with E-state index in [1.807, 2.05) is 39.9 Å². The third kappa shape index (κ3) is 5.73. The van der Waals surface area contributed by atoms with Crippen molar-refractivity contribution in [3.05, 3.63) is 47.3 Å². The highest BCUT2D eigenvalue weighted by Crippen LogP contribution is 2.33. The molecule has 34 heavy (non-hydrogen) atoms. The van der Waals surface area contributed by atoms with E-state index in [2.05, 4.69) is 10.1 Å². The lowest BCUT2D eigenvalue weighted by Crippen LogP contribution is -2.33. The summed E-state index contributed by atoms with van der Waals surface area (Å²) >= 11 is 1.28. The molecule has 0 atom stereocenters. The molecule has 186 valence electrons. The fraction of sp³-hybridized carbons (Fsp3) is 0.435. The normalized spacial score (nSPS) is 11.6. The first-order valence-corrected chi connectivity index (χ1v) is 13.4. The first kappa shape index (κ1) is 28.1. The molecule has 0 aliphatic rings. The van der Waals surface area contributed by atoms with Gasteiger partial charge in [-0.15, -0.1) is 24.2 Å². The van der Waals surface area contributed by atoms with Crippen LogP contribution in [0.5, 0.6) is 0 Å². The molecule has 11 heteroatoms. The van der Waals surface area contributed by atoms with Crippen molar-refractivity contribution in [3.8, 4) is 0 Å². The van der Waals surface area contributed by atoms with E-state index < -0.39 is 9.84 Å². The van der Waals surface area contributed by atoms with Crippen LogP contribution in [0.2, 0.25) is 0 Å². The Bertz CT molecular complexity index is 1260. The van der Waals surface area contributed by atoms with Gasteiger partial charge in [0.25, 0.3) is 0 Å². The zero-order valence-electron chi connectivity index (χ0n) is 20.4. The molecule has 8 nitrogen and oxygen atoms in total. The highest BCUT2D eigenvalue weighted by atomic mass is 35.5. The maximum atomic E-state index is 13.4. The van der Waals surface area contributed by atoms with E-state index in [1.165, 1.54) is 11.8 Å². The van der Waals surface area contributed by atoms with Crippen LogP contribution in [0.1, 0.15) is 23.4 Å². The molecular weight excluding hydrogens is 494 g/mol. The van der Waals surface area contributed by atoms with Crippen LogP contribution < -0.4 is 0 Å². The predicted molar refractivity (Wildman–Crippen MR) is 138 cm³/mol. The van der Waals surface area contributed by atoms with Crippen LogP contribution in [0.15, 0.2) is 45.1 Å². The van der Waals surface area contributed by atoms with Gasteiger partial charge in [0.05, 0.1) is 4.90 Å². The minimum Gasteiger partial charge on any atom is -0.344 e. The largest absolute Gasteiger partial charge is 0.344 e. The van der Waals surface area contributed by atoms with Crippen LogP contribution >= 0.6 is 24.2 Å². The summed E-state index contributed by atoms with van der Waals surface area (Å²) in [4.78, 5) is 21.4. The van der Waals surface area contributed by atoms with E-state index in [0.29, 0.717) is 35.8 Å². The number of amides is 1. The number of aryl methyl sites for hydroxylation is 2. The Morgan fingerprint density at radius 1 is 1.09 bits per heavy atom. The molecule has 0 N–H and O–H groups in total. The molecule has 3 rings (SSSR count). The van der Waals surface area contributed by atoms with Crippen LogP contribution in [-0.4, -0.2) is 79.2 Å². The Morgan fingerprint density at radius 2 is 1.74 bits per heavy atom. The van der Waals surface area contributed by atoms with Gasteiger partial charge in [-0.3, -0.25) is 4.79 Å². The average molecular weight is 526 g/mol. The van der Waals surface area contributed by atoms with Crippen molar-refractivity contribution in [1.82, 2.24) is 24.4 Å². The summed E-state index contributed by atoms with van der Waals surface area (Å²) in [6, 6.07) is 8.34. The molecular formula is C23H32ClN5O3S2. The van der Waals surface area contributed by atoms with E-state index in [4.69, 9.17) is 0 Å². The number of rotatable bonds is 9. The van der Waals surface area contributed by atoms with Gasteiger partial charge < -0.3 is 9.80 Å². The van der Waals surface area contributed by atoms with Gasteiger partial charge in [0, 0.05) is 37.9 Å². The van der Waals surface area contributed by atoms with Gasteiger partial charge in [0.1, 0.15) is 5.03 Å². The number of carbonyl (C=O) groups excluding carboxylic acids is 1. The van der Waals surface area contributed by atoms with Crippen LogP contribution in [0, 0.1) is 13.8 Å². The molecule has 0 aliphatic carbocycles. The number of nitrogens with zero attached hydrogens (tertiary/aromatic N) is 5. The first-order valence-electron chi connectivity index (χ1n) is 10.7. The van der Waals surface area contributed by atoms with E-state index in [1.54, 1.807) is 46.0 Å². The lowest BCUT2D eigenvalue weighted by Gasteiger charge is -2.20. The second kappa shape index (κ2) is 11.5. The lowest BCUT2D eigenvalue weighted by molar-refractivity contribution is -0.130. The number of sulfone groups is 1. The number of halogens is 1. The maximum absolute atomic E-state index is 13.4. The summed E-state index contributed by atoms with van der Waals surface area (Å²) in [6.07, 6.45) is 2.67. The third-order valence-corrected chi connectivity index (χ3v) is 8.27. The van der Waals surface area contributed by atoms with Crippen molar-refractivity contribution in [2.75, 3.05) is 40.5 Å². The molecule has 0 saturated heterocycles. The standard InChI is InChI=1S/C23H31N5O3S2.ClH/c1-16-19(12-13-20(29)27(5)15-14-26(3)4)17(2)28-22(24-16)21(23(25-28)32-6)33(30,31)18-10-8-7-9-11-18;/h7-11H,12-15H2,1-6H3;1H. The van der Waals surface area contributed by atoms with Crippen molar-refractivity contribution in [2.24, 2.45) is 0 Å². The number of fused-ring (bicyclic) bond motifs is 1. The molecule has 0 radical (unpaired) electrons. The minimum atomic E-state index is -3.79. The van der Waals surface area contributed by atoms with Crippen molar-refractivity contribution >= 4 is 45.6 Å². The molecule has 0 fully saturated rings. The zero-order chi connectivity index (χ0) is 24.3. The van der Waals surface area contributed by atoms with E-state index in [0.717, 1.165) is 17.8 Å². The quantitative estimate of drug-likeness (QED) is 0.396. The molecule has 0 unspecified atom stereocenters. The van der Waals surface area contributed by atoms with Gasteiger partial charge in [-0.1, -0.05) is 18.2 Å². The summed E-state index contributed by atoms with van der Waals surface area (Å²) in [5.41, 5.74) is 2.74. The summed E-state index contributed by atoms with van der Waals surface area (Å²) in [5.74, 6) is 0.0633. The smallest absolute Gasteiger partial charge is 0.222 e. The molecule has 1 aromatic carbocycles. The Morgan fingerprint density at radius 3 is 2.32 bits per heavy atom. The molecule has 0 saturated carbocycles. The van der Waals surface area contributed by atoms with Gasteiger partial charge in [0.2, 0.25) is 15.7 Å². The second-order valence-electron chi connectivity index (χ2n) is 8.27. The number of thioether (sulfide) groups is 1. The fourth-order valence-corrected chi connectivity index (χ4v) is 6.08. The van der Waals surface area contributed by atoms with Crippen LogP contribution in [0.4, 0.5) is 0 Å². The molecule has 0 bridgehead atoms. The Kier molecular flexibility index (Phi) is 9.53. The third-order valence-electron chi connectivity index (χ3n) is 5.67. The molecule has 2 aromatic heterocycles. The van der Waals surface area contributed by atoms with Crippen molar-refractivity contribution in [1.29, 1.82) is 0 Å². The summed E-state index contributed by atoms with van der Waals surface area (Å²) in [6.45, 7) is 5.22. The highest BCUT2D eigenvalue weighted by molar-refractivity contribution is 7.99.